The van der Waals surface area contributed by atoms with Gasteiger partial charge in [0.25, 0.3) is 5.69 Å². The van der Waals surface area contributed by atoms with Gasteiger partial charge >= 0.3 is 11.9 Å². The molecule has 3 aromatic rings. The van der Waals surface area contributed by atoms with Crippen LogP contribution in [0.15, 0.2) is 102 Å². The number of allylic oxidation sites excluding steroid dienone is 2. The van der Waals surface area contributed by atoms with Gasteiger partial charge in [-0.15, -0.1) is 0 Å². The number of carbonyl (C=O) groups is 2. The molecule has 0 fully saturated rings. The Labute approximate surface area is 262 Å². The first kappa shape index (κ1) is 32.8. The standard InChI is InChI=1S/C35H37N3O7/c1-4-30(44-18-7-9-25-12-14-26(15-13-25)20-27-8-6-17-36-22-27)16-19-45-35(41)32-24(3)37-23(2)31(34(39)40)33(32)28-10-5-11-29(21-28)38(42)43/h5-15,17,21-22,30,33,37H,4,16,18-20H2,1-3H3,(H,39,40)/b9-7+. The van der Waals surface area contributed by atoms with E-state index in [2.05, 4.69) is 40.6 Å². The van der Waals surface area contributed by atoms with Crippen molar-refractivity contribution in [3.63, 3.8) is 0 Å². The minimum atomic E-state index is -1.23. The van der Waals surface area contributed by atoms with E-state index < -0.39 is 22.8 Å². The molecule has 1 aliphatic heterocycles. The average Bonchev–Trinajstić information content (AvgIpc) is 3.02. The van der Waals surface area contributed by atoms with E-state index in [9.17, 15) is 24.8 Å². The topological polar surface area (TPSA) is 141 Å². The van der Waals surface area contributed by atoms with Crippen LogP contribution in [0.1, 0.15) is 61.8 Å². The number of nitro groups is 1. The normalized spacial score (nSPS) is 15.6. The van der Waals surface area contributed by atoms with E-state index in [0.717, 1.165) is 17.5 Å². The fourth-order valence-electron chi connectivity index (χ4n) is 5.33. The average molecular weight is 612 g/mol. The van der Waals surface area contributed by atoms with Gasteiger partial charge < -0.3 is 19.9 Å². The third-order valence-corrected chi connectivity index (χ3v) is 7.60. The van der Waals surface area contributed by atoms with E-state index in [0.29, 0.717) is 36.4 Å². The van der Waals surface area contributed by atoms with Crippen molar-refractivity contribution in [3.8, 4) is 0 Å². The van der Waals surface area contributed by atoms with Crippen LogP contribution in [-0.4, -0.2) is 46.3 Å². The summed E-state index contributed by atoms with van der Waals surface area (Å²) in [5.74, 6) is -2.96. The number of hydrogen-bond donors (Lipinski definition) is 2. The highest BCUT2D eigenvalue weighted by molar-refractivity contribution is 5.99. The number of aliphatic carboxylic acids is 1. The molecule has 2 N–H and O–H groups in total. The van der Waals surface area contributed by atoms with Gasteiger partial charge in [0, 0.05) is 42.3 Å². The van der Waals surface area contributed by atoms with Crippen LogP contribution in [0.5, 0.6) is 0 Å². The van der Waals surface area contributed by atoms with Gasteiger partial charge in [-0.2, -0.15) is 0 Å². The Hall–Kier alpha value is -5.09. The van der Waals surface area contributed by atoms with Gasteiger partial charge in [-0.3, -0.25) is 15.1 Å². The van der Waals surface area contributed by atoms with Crippen LogP contribution in [0.4, 0.5) is 5.69 Å². The number of aromatic nitrogens is 1. The van der Waals surface area contributed by atoms with E-state index in [1.54, 1.807) is 26.1 Å². The molecule has 0 amide bonds. The van der Waals surface area contributed by atoms with Crippen LogP contribution < -0.4 is 5.32 Å². The maximum absolute atomic E-state index is 13.4. The number of hydrogen-bond acceptors (Lipinski definition) is 8. The minimum absolute atomic E-state index is 0.0585. The fraction of sp³-hybridized carbons (Fsp3) is 0.286. The van der Waals surface area contributed by atoms with E-state index in [-0.39, 0.29) is 29.5 Å². The van der Waals surface area contributed by atoms with E-state index in [1.807, 2.05) is 31.3 Å². The van der Waals surface area contributed by atoms with Gasteiger partial charge in [0.05, 0.1) is 41.3 Å². The second kappa shape index (κ2) is 15.6. The number of rotatable bonds is 14. The predicted molar refractivity (Wildman–Crippen MR) is 170 cm³/mol. The molecule has 234 valence electrons. The van der Waals surface area contributed by atoms with Crippen molar-refractivity contribution < 1.29 is 29.1 Å². The van der Waals surface area contributed by atoms with Crippen LogP contribution in [-0.2, 0) is 25.5 Å². The van der Waals surface area contributed by atoms with E-state index >= 15 is 0 Å². The number of non-ortho nitro benzene ring substituents is 1. The van der Waals surface area contributed by atoms with Crippen molar-refractivity contribution in [2.24, 2.45) is 0 Å². The number of benzene rings is 2. The lowest BCUT2D eigenvalue weighted by Crippen LogP contribution is -2.32. The zero-order valence-corrected chi connectivity index (χ0v) is 25.6. The number of ether oxygens (including phenoxy) is 2. The molecule has 0 saturated carbocycles. The smallest absolute Gasteiger partial charge is 0.336 e. The maximum Gasteiger partial charge on any atom is 0.336 e. The van der Waals surface area contributed by atoms with Gasteiger partial charge in [0.2, 0.25) is 0 Å². The molecule has 10 nitrogen and oxygen atoms in total. The van der Waals surface area contributed by atoms with Gasteiger partial charge in [0.15, 0.2) is 0 Å². The lowest BCUT2D eigenvalue weighted by molar-refractivity contribution is -0.384. The highest BCUT2D eigenvalue weighted by Crippen LogP contribution is 2.39. The molecule has 10 heteroatoms. The summed E-state index contributed by atoms with van der Waals surface area (Å²) < 4.78 is 11.6. The lowest BCUT2D eigenvalue weighted by atomic mass is 9.80. The summed E-state index contributed by atoms with van der Waals surface area (Å²) in [4.78, 5) is 40.6. The molecule has 0 saturated heterocycles. The van der Waals surface area contributed by atoms with Crippen molar-refractivity contribution in [1.29, 1.82) is 0 Å². The number of carboxylic acids is 1. The van der Waals surface area contributed by atoms with Crippen molar-refractivity contribution in [2.45, 2.75) is 52.1 Å². The molecule has 2 heterocycles. The summed E-state index contributed by atoms with van der Waals surface area (Å²) >= 11 is 0. The van der Waals surface area contributed by atoms with Crippen LogP contribution >= 0.6 is 0 Å². The monoisotopic (exact) mass is 611 g/mol. The molecule has 0 spiro atoms. The molecule has 45 heavy (non-hydrogen) atoms. The second-order valence-electron chi connectivity index (χ2n) is 10.8. The molecule has 2 atom stereocenters. The first-order valence-electron chi connectivity index (χ1n) is 14.8. The van der Waals surface area contributed by atoms with Crippen molar-refractivity contribution in [1.82, 2.24) is 10.3 Å². The zero-order valence-electron chi connectivity index (χ0n) is 25.6. The van der Waals surface area contributed by atoms with Crippen molar-refractivity contribution >= 4 is 23.7 Å². The second-order valence-corrected chi connectivity index (χ2v) is 10.8. The molecular formula is C35H37N3O7. The van der Waals surface area contributed by atoms with Gasteiger partial charge in [-0.1, -0.05) is 61.5 Å². The first-order chi connectivity index (χ1) is 21.7. The van der Waals surface area contributed by atoms with Gasteiger partial charge in [-0.05, 0) is 55.0 Å². The number of carbonyl (C=O) groups excluding carboxylic acids is 1. The summed E-state index contributed by atoms with van der Waals surface area (Å²) in [6, 6.07) is 17.9. The number of carboxylic acid groups (broad SMARTS) is 1. The Bertz CT molecular complexity index is 1610. The molecule has 0 bridgehead atoms. The molecule has 0 radical (unpaired) electrons. The summed E-state index contributed by atoms with van der Waals surface area (Å²) in [6.07, 6.45) is 9.39. The van der Waals surface area contributed by atoms with Crippen molar-refractivity contribution in [2.75, 3.05) is 13.2 Å². The molecule has 4 rings (SSSR count). The third-order valence-electron chi connectivity index (χ3n) is 7.60. The summed E-state index contributed by atoms with van der Waals surface area (Å²) in [7, 11) is 0. The summed E-state index contributed by atoms with van der Waals surface area (Å²) in [5.41, 5.74) is 4.34. The first-order valence-corrected chi connectivity index (χ1v) is 14.8. The molecule has 2 unspecified atom stereocenters. The molecular weight excluding hydrogens is 574 g/mol. The van der Waals surface area contributed by atoms with E-state index in [1.165, 1.54) is 23.8 Å². The minimum Gasteiger partial charge on any atom is -0.478 e. The Kier molecular flexibility index (Phi) is 11.4. The summed E-state index contributed by atoms with van der Waals surface area (Å²) in [6.45, 7) is 5.68. The van der Waals surface area contributed by atoms with Crippen LogP contribution in [0.25, 0.3) is 6.08 Å². The van der Waals surface area contributed by atoms with Crippen LogP contribution in [0.2, 0.25) is 0 Å². The molecule has 0 aliphatic carbocycles. The van der Waals surface area contributed by atoms with Gasteiger partial charge in [-0.25, -0.2) is 9.59 Å². The predicted octanol–water partition coefficient (Wildman–Crippen LogP) is 6.34. The third kappa shape index (κ3) is 8.73. The largest absolute Gasteiger partial charge is 0.478 e. The number of esters is 1. The fourth-order valence-corrected chi connectivity index (χ4v) is 5.33. The summed E-state index contributed by atoms with van der Waals surface area (Å²) in [5, 5.41) is 24.4. The molecule has 1 aromatic heterocycles. The van der Waals surface area contributed by atoms with Crippen molar-refractivity contribution in [3.05, 3.63) is 134 Å². The Morgan fingerprint density at radius 1 is 1.07 bits per heavy atom. The Morgan fingerprint density at radius 3 is 2.49 bits per heavy atom. The number of nitro benzene ring substituents is 1. The number of dihydropyridines is 1. The lowest BCUT2D eigenvalue weighted by Gasteiger charge is -2.29. The highest BCUT2D eigenvalue weighted by Gasteiger charge is 2.37. The number of nitrogens with zero attached hydrogens (tertiary/aromatic N) is 2. The molecule has 1 aliphatic rings. The quantitative estimate of drug-likeness (QED) is 0.121. The highest BCUT2D eigenvalue weighted by atomic mass is 16.6. The SMILES string of the molecule is CCC(CCOC(=O)C1=C(C)NC(C)=C(C(=O)O)C1c1cccc([N+](=O)[O-])c1)OC/C=C/c1ccc(Cc2cccnc2)cc1. The Balaban J connectivity index is 1.33. The van der Waals surface area contributed by atoms with E-state index in [4.69, 9.17) is 9.47 Å². The molecule has 2 aromatic carbocycles. The van der Waals surface area contributed by atoms with Crippen LogP contribution in [0, 0.1) is 10.1 Å². The maximum atomic E-state index is 13.4. The Morgan fingerprint density at radius 2 is 1.82 bits per heavy atom. The number of nitrogens with one attached hydrogen (secondary N) is 1. The zero-order chi connectivity index (χ0) is 32.3. The number of pyridine rings is 1. The van der Waals surface area contributed by atoms with Crippen LogP contribution in [0.3, 0.4) is 0 Å². The van der Waals surface area contributed by atoms with Gasteiger partial charge in [0.1, 0.15) is 0 Å².